The Labute approximate surface area is 217 Å². The maximum absolute atomic E-state index is 13.3. The quantitative estimate of drug-likeness (QED) is 0.418. The van der Waals surface area contributed by atoms with Crippen molar-refractivity contribution in [2.45, 2.75) is 50.8 Å². The van der Waals surface area contributed by atoms with Crippen LogP contribution < -0.4 is 9.64 Å². The molecule has 2 aromatic rings. The van der Waals surface area contributed by atoms with Crippen LogP contribution in [0, 0.1) is 5.92 Å². The molecule has 0 aromatic heterocycles. The first-order valence-corrected chi connectivity index (χ1v) is 14.5. The van der Waals surface area contributed by atoms with Crippen LogP contribution in [0.1, 0.15) is 45.1 Å². The number of amides is 1. The zero-order valence-electron chi connectivity index (χ0n) is 22.2. The standard InChI is InChI=1S/C28H41N3O4S/c1-5-7-13-24(6-2)28(32)31-20-18-30(19-21-31)26-22-25(14-15-27(26)35-4)36(33,34)29(3)17-16-23-11-9-8-10-12-23/h8-12,14-15,22,24H,5-7,13,16-21H2,1-4H3/t24-/m0/s1. The van der Waals surface area contributed by atoms with Crippen molar-refractivity contribution in [3.05, 3.63) is 54.1 Å². The Balaban J connectivity index is 1.70. The normalized spacial score (nSPS) is 15.2. The van der Waals surface area contributed by atoms with E-state index >= 15 is 0 Å². The first-order valence-electron chi connectivity index (χ1n) is 13.0. The van der Waals surface area contributed by atoms with Crippen molar-refractivity contribution in [1.29, 1.82) is 0 Å². The number of carbonyl (C=O) groups excluding carboxylic acids is 1. The topological polar surface area (TPSA) is 70.2 Å². The third-order valence-electron chi connectivity index (χ3n) is 7.10. The van der Waals surface area contributed by atoms with Gasteiger partial charge in [0, 0.05) is 45.7 Å². The molecular formula is C28H41N3O4S. The summed E-state index contributed by atoms with van der Waals surface area (Å²) in [5, 5.41) is 0. The van der Waals surface area contributed by atoms with Gasteiger partial charge in [-0.2, -0.15) is 0 Å². The van der Waals surface area contributed by atoms with E-state index in [4.69, 9.17) is 4.74 Å². The van der Waals surface area contributed by atoms with E-state index in [0.29, 0.717) is 44.9 Å². The highest BCUT2D eigenvalue weighted by molar-refractivity contribution is 7.89. The van der Waals surface area contributed by atoms with Gasteiger partial charge in [-0.25, -0.2) is 12.7 Å². The molecule has 0 spiro atoms. The van der Waals surface area contributed by atoms with E-state index < -0.39 is 10.0 Å². The first kappa shape index (κ1) is 28.0. The van der Waals surface area contributed by atoms with Crippen LogP contribution in [-0.2, 0) is 21.2 Å². The molecule has 0 N–H and O–H groups in total. The molecule has 0 aliphatic carbocycles. The number of unbranched alkanes of at least 4 members (excludes halogenated alkanes) is 1. The van der Waals surface area contributed by atoms with Crippen molar-refractivity contribution in [2.75, 3.05) is 51.8 Å². The Kier molecular flexibility index (Phi) is 10.2. The number of anilines is 1. The molecule has 1 heterocycles. The molecule has 2 aromatic carbocycles. The van der Waals surface area contributed by atoms with E-state index in [1.54, 1.807) is 32.4 Å². The summed E-state index contributed by atoms with van der Waals surface area (Å²) >= 11 is 0. The molecular weight excluding hydrogens is 474 g/mol. The third-order valence-corrected chi connectivity index (χ3v) is 8.95. The minimum atomic E-state index is -3.66. The second-order valence-corrected chi connectivity index (χ2v) is 11.5. The van der Waals surface area contributed by atoms with Crippen LogP contribution in [-0.4, -0.2) is 70.4 Å². The molecule has 0 unspecified atom stereocenters. The summed E-state index contributed by atoms with van der Waals surface area (Å²) < 4.78 is 33.7. The van der Waals surface area contributed by atoms with Gasteiger partial charge in [0.2, 0.25) is 15.9 Å². The second-order valence-electron chi connectivity index (χ2n) is 9.46. The van der Waals surface area contributed by atoms with Crippen LogP contribution in [0.15, 0.2) is 53.4 Å². The second kappa shape index (κ2) is 13.1. The van der Waals surface area contributed by atoms with E-state index in [0.717, 1.165) is 36.9 Å². The zero-order valence-corrected chi connectivity index (χ0v) is 23.0. The monoisotopic (exact) mass is 515 g/mol. The highest BCUT2D eigenvalue weighted by Gasteiger charge is 2.28. The Morgan fingerprint density at radius 1 is 1.06 bits per heavy atom. The summed E-state index contributed by atoms with van der Waals surface area (Å²) in [4.78, 5) is 17.4. The fraction of sp³-hybridized carbons (Fsp3) is 0.536. The summed E-state index contributed by atoms with van der Waals surface area (Å²) in [6.45, 7) is 7.16. The number of nitrogens with zero attached hydrogens (tertiary/aromatic N) is 3. The molecule has 198 valence electrons. The third kappa shape index (κ3) is 6.79. The van der Waals surface area contributed by atoms with E-state index in [1.807, 2.05) is 35.2 Å². The van der Waals surface area contributed by atoms with Crippen LogP contribution in [0.4, 0.5) is 5.69 Å². The van der Waals surface area contributed by atoms with Gasteiger partial charge in [-0.15, -0.1) is 0 Å². The predicted molar refractivity (Wildman–Crippen MR) is 145 cm³/mol. The number of rotatable bonds is 12. The first-order chi connectivity index (χ1) is 17.3. The molecule has 8 heteroatoms. The Hall–Kier alpha value is -2.58. The number of benzene rings is 2. The number of hydrogen-bond donors (Lipinski definition) is 0. The Morgan fingerprint density at radius 3 is 2.36 bits per heavy atom. The van der Waals surface area contributed by atoms with Crippen LogP contribution in [0.3, 0.4) is 0 Å². The van der Waals surface area contributed by atoms with E-state index in [9.17, 15) is 13.2 Å². The van der Waals surface area contributed by atoms with Gasteiger partial charge >= 0.3 is 0 Å². The van der Waals surface area contributed by atoms with Crippen molar-refractivity contribution in [3.63, 3.8) is 0 Å². The minimum Gasteiger partial charge on any atom is -0.495 e. The number of sulfonamides is 1. The zero-order chi connectivity index (χ0) is 26.1. The Morgan fingerprint density at radius 2 is 1.75 bits per heavy atom. The molecule has 7 nitrogen and oxygen atoms in total. The van der Waals surface area contributed by atoms with Crippen LogP contribution in [0.2, 0.25) is 0 Å². The molecule has 0 bridgehead atoms. The average Bonchev–Trinajstić information content (AvgIpc) is 2.92. The van der Waals surface area contributed by atoms with Crippen LogP contribution >= 0.6 is 0 Å². The SMILES string of the molecule is CCCC[C@H](CC)C(=O)N1CCN(c2cc(S(=O)(=O)N(C)CCc3ccccc3)ccc2OC)CC1. The molecule has 1 aliphatic heterocycles. The molecule has 1 fully saturated rings. The summed E-state index contributed by atoms with van der Waals surface area (Å²) in [7, 11) is -0.441. The number of likely N-dealkylation sites (N-methyl/N-ethyl adjacent to an activating group) is 1. The lowest BCUT2D eigenvalue weighted by molar-refractivity contribution is -0.136. The van der Waals surface area contributed by atoms with Crippen LogP contribution in [0.25, 0.3) is 0 Å². The predicted octanol–water partition coefficient (Wildman–Crippen LogP) is 4.42. The van der Waals surface area contributed by atoms with Gasteiger partial charge in [0.15, 0.2) is 0 Å². The lowest BCUT2D eigenvalue weighted by Gasteiger charge is -2.38. The largest absolute Gasteiger partial charge is 0.495 e. The van der Waals surface area contributed by atoms with Gasteiger partial charge in [0.05, 0.1) is 17.7 Å². The molecule has 36 heavy (non-hydrogen) atoms. The Bertz CT molecular complexity index is 1080. The molecule has 1 saturated heterocycles. The van der Waals surface area contributed by atoms with Gasteiger partial charge in [0.25, 0.3) is 0 Å². The van der Waals surface area contributed by atoms with Crippen molar-refractivity contribution < 1.29 is 17.9 Å². The average molecular weight is 516 g/mol. The molecule has 3 rings (SSSR count). The lowest BCUT2D eigenvalue weighted by Crippen LogP contribution is -2.50. The molecule has 1 amide bonds. The molecule has 1 atom stereocenters. The number of methoxy groups -OCH3 is 1. The van der Waals surface area contributed by atoms with Gasteiger partial charge in [0.1, 0.15) is 5.75 Å². The maximum atomic E-state index is 13.3. The number of ether oxygens (including phenoxy) is 1. The highest BCUT2D eigenvalue weighted by Crippen LogP contribution is 2.33. The number of carbonyl (C=O) groups is 1. The van der Waals surface area contributed by atoms with Crippen molar-refractivity contribution >= 4 is 21.6 Å². The van der Waals surface area contributed by atoms with Gasteiger partial charge in [-0.3, -0.25) is 4.79 Å². The van der Waals surface area contributed by atoms with Gasteiger partial charge in [-0.1, -0.05) is 57.0 Å². The summed E-state index contributed by atoms with van der Waals surface area (Å²) in [5.41, 5.74) is 1.85. The summed E-state index contributed by atoms with van der Waals surface area (Å²) in [6.07, 6.45) is 4.62. The fourth-order valence-corrected chi connectivity index (χ4v) is 5.88. The maximum Gasteiger partial charge on any atom is 0.242 e. The minimum absolute atomic E-state index is 0.0888. The number of piperazine rings is 1. The van der Waals surface area contributed by atoms with Crippen molar-refractivity contribution in [2.24, 2.45) is 5.92 Å². The smallest absolute Gasteiger partial charge is 0.242 e. The summed E-state index contributed by atoms with van der Waals surface area (Å²) in [6, 6.07) is 14.9. The van der Waals surface area contributed by atoms with E-state index in [-0.39, 0.29) is 16.7 Å². The van der Waals surface area contributed by atoms with E-state index in [1.165, 1.54) is 4.31 Å². The lowest BCUT2D eigenvalue weighted by atomic mass is 9.97. The van der Waals surface area contributed by atoms with E-state index in [2.05, 4.69) is 18.7 Å². The highest BCUT2D eigenvalue weighted by atomic mass is 32.2. The van der Waals surface area contributed by atoms with Crippen molar-refractivity contribution in [3.8, 4) is 5.75 Å². The van der Waals surface area contributed by atoms with Crippen molar-refractivity contribution in [1.82, 2.24) is 9.21 Å². The fourth-order valence-electron chi connectivity index (χ4n) is 4.69. The summed E-state index contributed by atoms with van der Waals surface area (Å²) in [5.74, 6) is 0.968. The van der Waals surface area contributed by atoms with Gasteiger partial charge in [-0.05, 0) is 43.0 Å². The van der Waals surface area contributed by atoms with Gasteiger partial charge < -0.3 is 14.5 Å². The number of hydrogen-bond acceptors (Lipinski definition) is 5. The molecule has 0 radical (unpaired) electrons. The van der Waals surface area contributed by atoms with Crippen LogP contribution in [0.5, 0.6) is 5.75 Å². The molecule has 0 saturated carbocycles. The molecule has 1 aliphatic rings.